The van der Waals surface area contributed by atoms with Crippen LogP contribution in [0.25, 0.3) is 0 Å². The van der Waals surface area contributed by atoms with Crippen LogP contribution in [0.3, 0.4) is 0 Å². The van der Waals surface area contributed by atoms with Crippen molar-refractivity contribution in [1.29, 1.82) is 0 Å². The minimum absolute atomic E-state index is 0.151. The fraction of sp³-hybridized carbons (Fsp3) is 1.00. The molecule has 0 saturated carbocycles. The average molecular weight is 315 g/mol. The van der Waals surface area contributed by atoms with Gasteiger partial charge in [0, 0.05) is 38.4 Å². The Morgan fingerprint density at radius 3 is 1.32 bits per heavy atom. The number of aliphatic hydroxyl groups excluding tert-OH is 1. The Bertz CT molecular complexity index is 257. The summed E-state index contributed by atoms with van der Waals surface area (Å²) in [5, 5.41) is 9.26. The van der Waals surface area contributed by atoms with E-state index >= 15 is 0 Å². The third-order valence-electron chi connectivity index (χ3n) is 6.45. The lowest BCUT2D eigenvalue weighted by atomic mass is 9.69. The van der Waals surface area contributed by atoms with E-state index in [9.17, 15) is 5.11 Å². The first-order valence-corrected chi connectivity index (χ1v) is 9.19. The molecule has 0 aromatic heterocycles. The Kier molecular flexibility index (Phi) is 8.37. The molecule has 0 aromatic rings. The van der Waals surface area contributed by atoms with Gasteiger partial charge in [0.15, 0.2) is 0 Å². The van der Waals surface area contributed by atoms with Gasteiger partial charge in [-0.15, -0.1) is 0 Å². The van der Waals surface area contributed by atoms with Gasteiger partial charge in [-0.1, -0.05) is 41.0 Å². The summed E-state index contributed by atoms with van der Waals surface area (Å²) < 4.78 is 10.6. The Morgan fingerprint density at radius 1 is 0.773 bits per heavy atom. The van der Waals surface area contributed by atoms with Gasteiger partial charge in [0.2, 0.25) is 0 Å². The summed E-state index contributed by atoms with van der Waals surface area (Å²) in [7, 11) is 0. The van der Waals surface area contributed by atoms with Crippen molar-refractivity contribution < 1.29 is 14.6 Å². The normalized spacial score (nSPS) is 24.0. The molecule has 2 aliphatic heterocycles. The second-order valence-electron chi connectivity index (χ2n) is 7.77. The van der Waals surface area contributed by atoms with Crippen molar-refractivity contribution in [3.8, 4) is 0 Å². The smallest absolute Gasteiger partial charge is 0.0491 e. The van der Waals surface area contributed by atoms with Crippen LogP contribution in [-0.4, -0.2) is 38.1 Å². The van der Waals surface area contributed by atoms with Crippen molar-refractivity contribution in [3.05, 3.63) is 0 Å². The molecule has 0 bridgehead atoms. The number of aliphatic hydroxyl groups is 1. The highest BCUT2D eigenvalue weighted by Gasteiger charge is 2.35. The molecule has 2 rings (SSSR count). The molecule has 3 nitrogen and oxygen atoms in total. The molecule has 0 spiro atoms. The lowest BCUT2D eigenvalue weighted by Crippen LogP contribution is -2.37. The summed E-state index contributed by atoms with van der Waals surface area (Å²) in [6.07, 6.45) is 5.87. The van der Waals surface area contributed by atoms with E-state index in [1.807, 2.05) is 0 Å². The Hall–Kier alpha value is -0.120. The Morgan fingerprint density at radius 2 is 1.14 bits per heavy atom. The van der Waals surface area contributed by atoms with Crippen molar-refractivity contribution in [1.82, 2.24) is 0 Å². The van der Waals surface area contributed by atoms with Gasteiger partial charge in [0.1, 0.15) is 0 Å². The van der Waals surface area contributed by atoms with Crippen LogP contribution in [0, 0.1) is 22.7 Å². The maximum absolute atomic E-state index is 9.26. The first-order chi connectivity index (χ1) is 10.4. The summed E-state index contributed by atoms with van der Waals surface area (Å²) in [4.78, 5) is 0. The van der Waals surface area contributed by atoms with Crippen LogP contribution in [0.4, 0.5) is 0 Å². The fourth-order valence-electron chi connectivity index (χ4n) is 3.81. The molecule has 0 radical (unpaired) electrons. The van der Waals surface area contributed by atoms with Gasteiger partial charge in [-0.25, -0.2) is 0 Å². The van der Waals surface area contributed by atoms with Gasteiger partial charge < -0.3 is 14.6 Å². The molecular formula is C19H38O3. The largest absolute Gasteiger partial charge is 0.396 e. The van der Waals surface area contributed by atoms with Crippen LogP contribution in [0.5, 0.6) is 0 Å². The maximum atomic E-state index is 9.26. The second kappa shape index (κ2) is 9.24. The van der Waals surface area contributed by atoms with Crippen LogP contribution in [0.1, 0.15) is 66.7 Å². The molecule has 0 aliphatic carbocycles. The van der Waals surface area contributed by atoms with Gasteiger partial charge in [-0.3, -0.25) is 0 Å². The van der Waals surface area contributed by atoms with Crippen molar-refractivity contribution in [3.63, 3.8) is 0 Å². The van der Waals surface area contributed by atoms with E-state index in [2.05, 4.69) is 34.6 Å². The maximum Gasteiger partial charge on any atom is 0.0491 e. The predicted molar refractivity (Wildman–Crippen MR) is 92.0 cm³/mol. The molecule has 2 saturated heterocycles. The number of rotatable bonds is 4. The van der Waals surface area contributed by atoms with E-state index in [4.69, 9.17) is 9.47 Å². The second-order valence-corrected chi connectivity index (χ2v) is 7.77. The number of hydrogen-bond acceptors (Lipinski definition) is 3. The fourth-order valence-corrected chi connectivity index (χ4v) is 3.81. The van der Waals surface area contributed by atoms with E-state index in [1.165, 1.54) is 19.3 Å². The zero-order valence-corrected chi connectivity index (χ0v) is 15.5. The van der Waals surface area contributed by atoms with E-state index in [1.54, 1.807) is 0 Å². The van der Waals surface area contributed by atoms with Crippen molar-refractivity contribution in [2.45, 2.75) is 66.7 Å². The highest BCUT2D eigenvalue weighted by molar-refractivity contribution is 4.84. The zero-order chi connectivity index (χ0) is 16.6. The minimum Gasteiger partial charge on any atom is -0.396 e. The van der Waals surface area contributed by atoms with Crippen LogP contribution in [0.15, 0.2) is 0 Å². The van der Waals surface area contributed by atoms with E-state index < -0.39 is 0 Å². The van der Waals surface area contributed by atoms with Crippen molar-refractivity contribution >= 4 is 0 Å². The molecule has 0 amide bonds. The zero-order valence-electron chi connectivity index (χ0n) is 15.5. The van der Waals surface area contributed by atoms with Crippen LogP contribution < -0.4 is 0 Å². The minimum atomic E-state index is 0.151. The molecule has 0 unspecified atom stereocenters. The molecule has 22 heavy (non-hydrogen) atoms. The van der Waals surface area contributed by atoms with Gasteiger partial charge in [0.25, 0.3) is 0 Å². The summed E-state index contributed by atoms with van der Waals surface area (Å²) in [5.74, 6) is 1.38. The van der Waals surface area contributed by atoms with Gasteiger partial charge in [0.05, 0.1) is 0 Å². The van der Waals surface area contributed by atoms with Gasteiger partial charge >= 0.3 is 0 Å². The number of hydrogen-bond donors (Lipinski definition) is 1. The van der Waals surface area contributed by atoms with Crippen LogP contribution in [-0.2, 0) is 9.47 Å². The van der Waals surface area contributed by atoms with E-state index in [0.717, 1.165) is 45.2 Å². The summed E-state index contributed by atoms with van der Waals surface area (Å²) >= 11 is 0. The molecule has 1 N–H and O–H groups in total. The standard InChI is InChI=1S/C10H20O.C9H18O2/c1-4-10(9(2)3)5-7-11-8-6-10;1-8(2)9(7-10)3-5-11-6-4-9/h9H,4-8H2,1-3H3;8,10H,3-7H2,1-2H3. The molecule has 0 aromatic carbocycles. The summed E-state index contributed by atoms with van der Waals surface area (Å²) in [6, 6.07) is 0. The first kappa shape index (κ1) is 19.9. The highest BCUT2D eigenvalue weighted by Crippen LogP contribution is 2.40. The third-order valence-corrected chi connectivity index (χ3v) is 6.45. The van der Waals surface area contributed by atoms with E-state index in [0.29, 0.717) is 17.9 Å². The lowest BCUT2D eigenvalue weighted by Gasteiger charge is -2.40. The summed E-state index contributed by atoms with van der Waals surface area (Å²) in [6.45, 7) is 15.3. The van der Waals surface area contributed by atoms with Crippen molar-refractivity contribution in [2.24, 2.45) is 22.7 Å². The van der Waals surface area contributed by atoms with Crippen LogP contribution in [0.2, 0.25) is 0 Å². The highest BCUT2D eigenvalue weighted by atomic mass is 16.5. The van der Waals surface area contributed by atoms with Crippen molar-refractivity contribution in [2.75, 3.05) is 33.0 Å². The lowest BCUT2D eigenvalue weighted by molar-refractivity contribution is -0.0418. The Balaban J connectivity index is 0.000000220. The number of ether oxygens (including phenoxy) is 2. The molecule has 2 heterocycles. The Labute approximate surface area is 137 Å². The van der Waals surface area contributed by atoms with E-state index in [-0.39, 0.29) is 5.41 Å². The predicted octanol–water partition coefficient (Wildman–Crippen LogP) is 4.28. The molecule has 132 valence electrons. The molecule has 0 atom stereocenters. The molecule has 2 fully saturated rings. The average Bonchev–Trinajstić information content (AvgIpc) is 2.56. The monoisotopic (exact) mass is 314 g/mol. The molecule has 2 aliphatic rings. The first-order valence-electron chi connectivity index (χ1n) is 9.19. The van der Waals surface area contributed by atoms with Gasteiger partial charge in [-0.2, -0.15) is 0 Å². The van der Waals surface area contributed by atoms with Crippen LogP contribution >= 0.6 is 0 Å². The SMILES string of the molecule is CC(C)C1(CO)CCOCC1.CCC1(C(C)C)CCOCC1. The topological polar surface area (TPSA) is 38.7 Å². The molecular weight excluding hydrogens is 276 g/mol. The summed E-state index contributed by atoms with van der Waals surface area (Å²) in [5.41, 5.74) is 0.747. The third kappa shape index (κ3) is 4.94. The quantitative estimate of drug-likeness (QED) is 0.841. The van der Waals surface area contributed by atoms with Gasteiger partial charge in [-0.05, 0) is 42.9 Å². The molecule has 3 heteroatoms.